The van der Waals surface area contributed by atoms with Crippen LogP contribution in [0.15, 0.2) is 66.1 Å². The van der Waals surface area contributed by atoms with Gasteiger partial charge in [-0.2, -0.15) is 4.31 Å². The average Bonchev–Trinajstić information content (AvgIpc) is 2.79. The van der Waals surface area contributed by atoms with Gasteiger partial charge in [0.25, 0.3) is 5.91 Å². The summed E-state index contributed by atoms with van der Waals surface area (Å²) >= 11 is 0. The van der Waals surface area contributed by atoms with Gasteiger partial charge in [-0.05, 0) is 60.7 Å². The second-order valence-corrected chi connectivity index (χ2v) is 9.90. The Labute approximate surface area is 185 Å². The zero-order chi connectivity index (χ0) is 22.4. The smallest absolute Gasteiger partial charge is 0.253 e. The Balaban J connectivity index is 1.75. The molecule has 1 fully saturated rings. The molecule has 0 aliphatic carbocycles. The minimum atomic E-state index is -3.70. The fraction of sp³-hybridized carbons (Fsp3) is 0.375. The first-order chi connectivity index (χ1) is 14.8. The Hall–Kier alpha value is -2.64. The molecule has 0 aromatic heterocycles. The average molecular weight is 443 g/mol. The minimum absolute atomic E-state index is 0.0342. The topological polar surface area (TPSA) is 66.9 Å². The lowest BCUT2D eigenvalue weighted by molar-refractivity contribution is 0.0683. The van der Waals surface area contributed by atoms with E-state index in [0.717, 1.165) is 31.5 Å². The first-order valence-electron chi connectivity index (χ1n) is 10.5. The quantitative estimate of drug-likeness (QED) is 0.581. The maximum atomic E-state index is 13.1. The molecule has 2 aromatic rings. The van der Waals surface area contributed by atoms with Gasteiger partial charge in [-0.15, -0.1) is 6.58 Å². The van der Waals surface area contributed by atoms with E-state index in [9.17, 15) is 13.2 Å². The van der Waals surface area contributed by atoms with Crippen LogP contribution in [-0.2, 0) is 16.6 Å². The fourth-order valence-corrected chi connectivity index (χ4v) is 5.20. The van der Waals surface area contributed by atoms with E-state index in [0.29, 0.717) is 17.2 Å². The number of ether oxygens (including phenoxy) is 1. The molecule has 0 N–H and O–H groups in total. The Kier molecular flexibility index (Phi) is 7.51. The van der Waals surface area contributed by atoms with Gasteiger partial charge in [-0.25, -0.2) is 8.42 Å². The molecule has 7 heteroatoms. The predicted octanol–water partition coefficient (Wildman–Crippen LogP) is 3.94. The molecule has 1 saturated heterocycles. The predicted molar refractivity (Wildman–Crippen MR) is 122 cm³/mol. The second-order valence-electron chi connectivity index (χ2n) is 7.96. The van der Waals surface area contributed by atoms with Gasteiger partial charge >= 0.3 is 0 Å². The van der Waals surface area contributed by atoms with E-state index in [4.69, 9.17) is 4.74 Å². The molecule has 0 bridgehead atoms. The number of hydrogen-bond acceptors (Lipinski definition) is 4. The normalized spacial score (nSPS) is 16.9. The number of piperidine rings is 1. The van der Waals surface area contributed by atoms with Gasteiger partial charge in [0.1, 0.15) is 5.75 Å². The summed E-state index contributed by atoms with van der Waals surface area (Å²) in [5.41, 5.74) is 1.44. The summed E-state index contributed by atoms with van der Waals surface area (Å²) in [6.45, 7) is 7.81. The lowest BCUT2D eigenvalue weighted by Crippen LogP contribution is -2.39. The van der Waals surface area contributed by atoms with E-state index in [-0.39, 0.29) is 23.9 Å². The number of carbonyl (C=O) groups is 1. The molecule has 0 saturated carbocycles. The number of sulfonamides is 1. The number of carbonyl (C=O) groups excluding carboxylic acids is 1. The van der Waals surface area contributed by atoms with Crippen molar-refractivity contribution < 1.29 is 17.9 Å². The molecule has 1 atom stereocenters. The Morgan fingerprint density at radius 2 is 1.87 bits per heavy atom. The van der Waals surface area contributed by atoms with Crippen molar-refractivity contribution in [2.24, 2.45) is 5.92 Å². The summed E-state index contributed by atoms with van der Waals surface area (Å²) in [6.07, 6.45) is 3.76. The molecule has 1 amide bonds. The lowest BCUT2D eigenvalue weighted by Gasteiger charge is -2.31. The second kappa shape index (κ2) is 10.1. The Morgan fingerprint density at radius 3 is 2.45 bits per heavy atom. The SMILES string of the molecule is C=CCN(Cc1ccc(C(=O)N2CCC[C@H](C)C2)cc1)S(=O)(=O)c1ccc(OC)cc1. The molecule has 166 valence electrons. The third kappa shape index (κ3) is 5.54. The van der Waals surface area contributed by atoms with Crippen LogP contribution in [0, 0.1) is 5.92 Å². The molecule has 0 unspecified atom stereocenters. The van der Waals surface area contributed by atoms with Crippen molar-refractivity contribution in [2.75, 3.05) is 26.7 Å². The van der Waals surface area contributed by atoms with Crippen LogP contribution in [0.1, 0.15) is 35.7 Å². The highest BCUT2D eigenvalue weighted by atomic mass is 32.2. The molecule has 31 heavy (non-hydrogen) atoms. The van der Waals surface area contributed by atoms with Gasteiger partial charge in [0.05, 0.1) is 12.0 Å². The molecular formula is C24H30N2O4S. The van der Waals surface area contributed by atoms with E-state index < -0.39 is 10.0 Å². The van der Waals surface area contributed by atoms with E-state index in [1.54, 1.807) is 30.3 Å². The highest BCUT2D eigenvalue weighted by molar-refractivity contribution is 7.89. The van der Waals surface area contributed by atoms with E-state index in [1.165, 1.54) is 23.5 Å². The van der Waals surface area contributed by atoms with Crippen molar-refractivity contribution in [1.82, 2.24) is 9.21 Å². The summed E-state index contributed by atoms with van der Waals surface area (Å²) in [6, 6.07) is 13.5. The maximum absolute atomic E-state index is 13.1. The molecule has 1 heterocycles. The van der Waals surface area contributed by atoms with Gasteiger partial charge in [0.15, 0.2) is 0 Å². The Morgan fingerprint density at radius 1 is 1.19 bits per heavy atom. The van der Waals surface area contributed by atoms with Crippen molar-refractivity contribution >= 4 is 15.9 Å². The van der Waals surface area contributed by atoms with Crippen LogP contribution in [0.4, 0.5) is 0 Å². The lowest BCUT2D eigenvalue weighted by atomic mass is 9.99. The van der Waals surface area contributed by atoms with E-state index in [1.807, 2.05) is 17.0 Å². The standard InChI is InChI=1S/C24H30N2O4S/c1-4-15-26(31(28,29)23-13-11-22(30-3)12-14-23)18-20-7-9-21(10-8-20)24(27)25-16-5-6-19(2)17-25/h4,7-14,19H,1,5-6,15-18H2,2-3H3/t19-/m0/s1. The van der Waals surface area contributed by atoms with Crippen molar-refractivity contribution in [3.8, 4) is 5.75 Å². The molecule has 1 aliphatic heterocycles. The minimum Gasteiger partial charge on any atom is -0.497 e. The number of methoxy groups -OCH3 is 1. The van der Waals surface area contributed by atoms with Crippen molar-refractivity contribution in [1.29, 1.82) is 0 Å². The van der Waals surface area contributed by atoms with E-state index in [2.05, 4.69) is 13.5 Å². The number of rotatable bonds is 8. The van der Waals surface area contributed by atoms with Gasteiger partial charge in [0, 0.05) is 31.7 Å². The number of nitrogens with zero attached hydrogens (tertiary/aromatic N) is 2. The molecule has 1 aliphatic rings. The van der Waals surface area contributed by atoms with Crippen LogP contribution in [-0.4, -0.2) is 50.3 Å². The summed E-state index contributed by atoms with van der Waals surface area (Å²) < 4.78 is 32.7. The number of hydrogen-bond donors (Lipinski definition) is 0. The Bertz CT molecular complexity index is 1000. The van der Waals surface area contributed by atoms with Gasteiger partial charge in [-0.3, -0.25) is 4.79 Å². The third-order valence-electron chi connectivity index (χ3n) is 5.53. The number of likely N-dealkylation sites (tertiary alicyclic amines) is 1. The van der Waals surface area contributed by atoms with Crippen LogP contribution in [0.2, 0.25) is 0 Å². The fourth-order valence-electron chi connectivity index (χ4n) is 3.80. The molecule has 0 spiro atoms. The maximum Gasteiger partial charge on any atom is 0.253 e. The summed E-state index contributed by atoms with van der Waals surface area (Å²) in [5.74, 6) is 1.15. The van der Waals surface area contributed by atoms with Crippen LogP contribution < -0.4 is 4.74 Å². The highest BCUT2D eigenvalue weighted by Gasteiger charge is 2.25. The van der Waals surface area contributed by atoms with Crippen molar-refractivity contribution in [3.63, 3.8) is 0 Å². The summed E-state index contributed by atoms with van der Waals surface area (Å²) in [4.78, 5) is 14.9. The zero-order valence-electron chi connectivity index (χ0n) is 18.2. The van der Waals surface area contributed by atoms with Crippen molar-refractivity contribution in [3.05, 3.63) is 72.3 Å². The van der Waals surface area contributed by atoms with Crippen molar-refractivity contribution in [2.45, 2.75) is 31.2 Å². The van der Waals surface area contributed by atoms with Gasteiger partial charge in [0.2, 0.25) is 10.0 Å². The van der Waals surface area contributed by atoms with Crippen LogP contribution in [0.5, 0.6) is 5.75 Å². The summed E-state index contributed by atoms with van der Waals surface area (Å²) in [7, 11) is -2.17. The molecule has 3 rings (SSSR count). The third-order valence-corrected chi connectivity index (χ3v) is 7.36. The molecule has 6 nitrogen and oxygen atoms in total. The van der Waals surface area contributed by atoms with Crippen LogP contribution in [0.25, 0.3) is 0 Å². The first kappa shape index (κ1) is 23.0. The van der Waals surface area contributed by atoms with E-state index >= 15 is 0 Å². The first-order valence-corrected chi connectivity index (χ1v) is 11.9. The molecule has 0 radical (unpaired) electrons. The summed E-state index contributed by atoms with van der Waals surface area (Å²) in [5, 5.41) is 0. The number of benzene rings is 2. The highest BCUT2D eigenvalue weighted by Crippen LogP contribution is 2.22. The zero-order valence-corrected chi connectivity index (χ0v) is 19.0. The van der Waals surface area contributed by atoms with Crippen LogP contribution in [0.3, 0.4) is 0 Å². The molecule has 2 aromatic carbocycles. The monoisotopic (exact) mass is 442 g/mol. The largest absolute Gasteiger partial charge is 0.497 e. The van der Waals surface area contributed by atoms with Gasteiger partial charge in [-0.1, -0.05) is 25.1 Å². The molecular weight excluding hydrogens is 412 g/mol. The number of amides is 1. The van der Waals surface area contributed by atoms with Gasteiger partial charge < -0.3 is 9.64 Å². The van der Waals surface area contributed by atoms with Crippen LogP contribution >= 0.6 is 0 Å².